The first-order valence-corrected chi connectivity index (χ1v) is 9.15. The lowest BCUT2D eigenvalue weighted by Crippen LogP contribution is -2.30. The Labute approximate surface area is 133 Å². The number of sulfonamides is 1. The van der Waals surface area contributed by atoms with E-state index in [4.69, 9.17) is 0 Å². The number of halogens is 1. The van der Waals surface area contributed by atoms with Gasteiger partial charge in [0.05, 0.1) is 10.9 Å². The summed E-state index contributed by atoms with van der Waals surface area (Å²) in [5.41, 5.74) is 1.06. The van der Waals surface area contributed by atoms with Crippen molar-refractivity contribution in [1.29, 1.82) is 0 Å². The summed E-state index contributed by atoms with van der Waals surface area (Å²) in [5, 5.41) is 0. The Hall–Kier alpha value is -1.17. The van der Waals surface area contributed by atoms with Gasteiger partial charge >= 0.3 is 0 Å². The third-order valence-electron chi connectivity index (χ3n) is 3.79. The van der Waals surface area contributed by atoms with E-state index in [1.165, 1.54) is 0 Å². The van der Waals surface area contributed by atoms with E-state index in [9.17, 15) is 8.42 Å². The molecule has 0 unspecified atom stereocenters. The quantitative estimate of drug-likeness (QED) is 0.824. The predicted octanol–water partition coefficient (Wildman–Crippen LogP) is 3.97. The van der Waals surface area contributed by atoms with Crippen LogP contribution in [0.4, 0.5) is 0 Å². The summed E-state index contributed by atoms with van der Waals surface area (Å²) in [6.45, 7) is 0.578. The van der Waals surface area contributed by atoms with Gasteiger partial charge in [-0.3, -0.25) is 0 Å². The molecule has 1 heterocycles. The van der Waals surface area contributed by atoms with Crippen LogP contribution in [-0.4, -0.2) is 19.3 Å². The monoisotopic (exact) mass is 365 g/mol. The van der Waals surface area contributed by atoms with Gasteiger partial charge in [0.1, 0.15) is 0 Å². The molecule has 0 saturated carbocycles. The van der Waals surface area contributed by atoms with Crippen LogP contribution in [0.3, 0.4) is 0 Å². The molecule has 0 bridgehead atoms. The second kappa shape index (κ2) is 5.91. The molecule has 0 amide bonds. The van der Waals surface area contributed by atoms with Crippen molar-refractivity contribution in [3.05, 3.63) is 64.6 Å². The predicted molar refractivity (Wildman–Crippen MR) is 86.5 cm³/mol. The maximum atomic E-state index is 12.9. The highest BCUT2D eigenvalue weighted by Gasteiger charge is 2.36. The Kier molecular flexibility index (Phi) is 4.15. The second-order valence-corrected chi connectivity index (χ2v) is 7.95. The molecule has 1 saturated heterocycles. The molecule has 2 aromatic rings. The first-order chi connectivity index (χ1) is 10.1. The average Bonchev–Trinajstić information content (AvgIpc) is 2.98. The van der Waals surface area contributed by atoms with Gasteiger partial charge in [-0.1, -0.05) is 52.3 Å². The second-order valence-electron chi connectivity index (χ2n) is 5.14. The normalized spacial score (nSPS) is 19.8. The minimum Gasteiger partial charge on any atom is -0.207 e. The fourth-order valence-electron chi connectivity index (χ4n) is 2.80. The molecule has 0 aliphatic carbocycles. The van der Waals surface area contributed by atoms with Gasteiger partial charge in [0, 0.05) is 11.0 Å². The van der Waals surface area contributed by atoms with Crippen LogP contribution in [0.15, 0.2) is 64.0 Å². The van der Waals surface area contributed by atoms with Crippen molar-refractivity contribution in [3.8, 4) is 0 Å². The van der Waals surface area contributed by atoms with Crippen molar-refractivity contribution in [2.24, 2.45) is 0 Å². The minimum absolute atomic E-state index is 0.0600. The van der Waals surface area contributed by atoms with Gasteiger partial charge in [0.25, 0.3) is 0 Å². The summed E-state index contributed by atoms with van der Waals surface area (Å²) < 4.78 is 28.2. The number of nitrogens with zero attached hydrogens (tertiary/aromatic N) is 1. The zero-order valence-corrected chi connectivity index (χ0v) is 13.8. The molecule has 5 heteroatoms. The summed E-state index contributed by atoms with van der Waals surface area (Å²) in [6, 6.07) is 16.7. The van der Waals surface area contributed by atoms with Crippen molar-refractivity contribution < 1.29 is 8.42 Å². The molecule has 1 aliphatic heterocycles. The number of benzene rings is 2. The van der Waals surface area contributed by atoms with Crippen LogP contribution in [0.25, 0.3) is 0 Å². The van der Waals surface area contributed by atoms with Crippen LogP contribution in [0.5, 0.6) is 0 Å². The molecule has 3 rings (SSSR count). The van der Waals surface area contributed by atoms with Crippen LogP contribution in [-0.2, 0) is 10.0 Å². The van der Waals surface area contributed by atoms with Crippen molar-refractivity contribution in [2.45, 2.75) is 23.8 Å². The summed E-state index contributed by atoms with van der Waals surface area (Å²) in [6.07, 6.45) is 1.77. The topological polar surface area (TPSA) is 37.4 Å². The molecule has 21 heavy (non-hydrogen) atoms. The van der Waals surface area contributed by atoms with Crippen molar-refractivity contribution in [2.75, 3.05) is 6.54 Å². The molecule has 1 aliphatic rings. The highest BCUT2D eigenvalue weighted by Crippen LogP contribution is 2.36. The maximum absolute atomic E-state index is 12.9. The van der Waals surface area contributed by atoms with Gasteiger partial charge in [-0.15, -0.1) is 0 Å². The van der Waals surface area contributed by atoms with Gasteiger partial charge in [0.15, 0.2) is 0 Å². The molecule has 3 nitrogen and oxygen atoms in total. The van der Waals surface area contributed by atoms with Gasteiger partial charge in [-0.2, -0.15) is 4.31 Å². The van der Waals surface area contributed by atoms with E-state index in [0.29, 0.717) is 11.4 Å². The Balaban J connectivity index is 1.98. The van der Waals surface area contributed by atoms with Crippen LogP contribution in [0, 0.1) is 0 Å². The molecule has 2 aromatic carbocycles. The number of hydrogen-bond donors (Lipinski definition) is 0. The third-order valence-corrected chi connectivity index (χ3v) is 6.19. The summed E-state index contributed by atoms with van der Waals surface area (Å²) in [7, 11) is -3.46. The highest BCUT2D eigenvalue weighted by molar-refractivity contribution is 9.10. The van der Waals surface area contributed by atoms with Crippen molar-refractivity contribution in [1.82, 2.24) is 4.31 Å². The highest BCUT2D eigenvalue weighted by atomic mass is 79.9. The standard InChI is InChI=1S/C16H16BrNO2S/c17-14-8-4-9-15(12-14)21(19,20)18-11-5-10-16(18)13-6-2-1-3-7-13/h1-4,6-9,12,16H,5,10-11H2/t16-/m1/s1. The van der Waals surface area contributed by atoms with Crippen LogP contribution >= 0.6 is 15.9 Å². The Morgan fingerprint density at radius 2 is 1.81 bits per heavy atom. The number of hydrogen-bond acceptors (Lipinski definition) is 2. The van der Waals surface area contributed by atoms with Crippen LogP contribution in [0.1, 0.15) is 24.4 Å². The zero-order valence-electron chi connectivity index (χ0n) is 11.4. The molecule has 0 radical (unpaired) electrons. The minimum atomic E-state index is -3.46. The van der Waals surface area contributed by atoms with E-state index in [0.717, 1.165) is 22.9 Å². The number of rotatable bonds is 3. The first kappa shape index (κ1) is 14.8. The van der Waals surface area contributed by atoms with Crippen molar-refractivity contribution in [3.63, 3.8) is 0 Å². The van der Waals surface area contributed by atoms with Crippen LogP contribution in [0.2, 0.25) is 0 Å². The van der Waals surface area contributed by atoms with Gasteiger partial charge in [-0.05, 0) is 36.6 Å². The molecule has 1 atom stereocenters. The first-order valence-electron chi connectivity index (χ1n) is 6.91. The summed E-state index contributed by atoms with van der Waals surface area (Å²) in [4.78, 5) is 0.347. The molecular weight excluding hydrogens is 350 g/mol. The van der Waals surface area contributed by atoms with E-state index < -0.39 is 10.0 Å². The molecule has 0 spiro atoms. The summed E-state index contributed by atoms with van der Waals surface area (Å²) >= 11 is 3.34. The fraction of sp³-hybridized carbons (Fsp3) is 0.250. The Bertz CT molecular complexity index is 731. The van der Waals surface area contributed by atoms with E-state index in [1.807, 2.05) is 36.4 Å². The van der Waals surface area contributed by atoms with E-state index in [2.05, 4.69) is 15.9 Å². The molecule has 0 N–H and O–H groups in total. The molecule has 1 fully saturated rings. The molecule has 110 valence electrons. The zero-order chi connectivity index (χ0) is 14.9. The maximum Gasteiger partial charge on any atom is 0.243 e. The van der Waals surface area contributed by atoms with E-state index in [1.54, 1.807) is 22.5 Å². The largest absolute Gasteiger partial charge is 0.243 e. The average molecular weight is 366 g/mol. The Morgan fingerprint density at radius 1 is 1.05 bits per heavy atom. The van der Waals surface area contributed by atoms with Gasteiger partial charge in [0.2, 0.25) is 10.0 Å². The van der Waals surface area contributed by atoms with E-state index in [-0.39, 0.29) is 6.04 Å². The fourth-order valence-corrected chi connectivity index (χ4v) is 5.08. The van der Waals surface area contributed by atoms with Gasteiger partial charge < -0.3 is 0 Å². The molecule has 0 aromatic heterocycles. The third kappa shape index (κ3) is 2.91. The lowest BCUT2D eigenvalue weighted by molar-refractivity contribution is 0.396. The Morgan fingerprint density at radius 3 is 2.52 bits per heavy atom. The van der Waals surface area contributed by atoms with E-state index >= 15 is 0 Å². The SMILES string of the molecule is O=S(=O)(c1cccc(Br)c1)N1CCC[C@@H]1c1ccccc1. The molecular formula is C16H16BrNO2S. The van der Waals surface area contributed by atoms with Crippen LogP contribution < -0.4 is 0 Å². The lowest BCUT2D eigenvalue weighted by Gasteiger charge is -2.24. The smallest absolute Gasteiger partial charge is 0.207 e. The van der Waals surface area contributed by atoms with Gasteiger partial charge in [-0.25, -0.2) is 8.42 Å². The van der Waals surface area contributed by atoms with Crippen molar-refractivity contribution >= 4 is 26.0 Å². The lowest BCUT2D eigenvalue weighted by atomic mass is 10.1. The summed E-state index contributed by atoms with van der Waals surface area (Å²) in [5.74, 6) is 0.